The monoisotopic (exact) mass is 393 g/mol. The highest BCUT2D eigenvalue weighted by Crippen LogP contribution is 2.14. The minimum Gasteiger partial charge on any atom is -0.349 e. The molecule has 7 nitrogen and oxygen atoms in total. The van der Waals surface area contributed by atoms with E-state index in [0.717, 1.165) is 21.5 Å². The van der Waals surface area contributed by atoms with Crippen LogP contribution in [0.5, 0.6) is 0 Å². The molecule has 1 heterocycles. The Morgan fingerprint density at radius 1 is 0.889 bits per heavy atom. The fourth-order valence-electron chi connectivity index (χ4n) is 2.28. The predicted molar refractivity (Wildman–Crippen MR) is 97.7 cm³/mol. The third-order valence-electron chi connectivity index (χ3n) is 3.62. The van der Waals surface area contributed by atoms with Crippen LogP contribution < -0.4 is 10.6 Å². The van der Waals surface area contributed by atoms with Gasteiger partial charge in [-0.25, -0.2) is 17.2 Å². The highest BCUT2D eigenvalue weighted by Gasteiger charge is 2.17. The maximum absolute atomic E-state index is 13.0. The SMILES string of the molecule is CS(=O)(=O)n1nc(NCc2ccc(F)cc2)nc1NCc1ccc(F)cc1. The summed E-state index contributed by atoms with van der Waals surface area (Å²) in [4.78, 5) is 4.14. The van der Waals surface area contributed by atoms with Crippen LogP contribution in [-0.4, -0.2) is 28.8 Å². The molecular weight excluding hydrogens is 376 g/mol. The van der Waals surface area contributed by atoms with E-state index in [1.165, 1.54) is 24.3 Å². The average Bonchev–Trinajstić information content (AvgIpc) is 3.04. The van der Waals surface area contributed by atoms with Crippen LogP contribution in [0.3, 0.4) is 0 Å². The molecule has 0 amide bonds. The van der Waals surface area contributed by atoms with Gasteiger partial charge in [-0.05, 0) is 35.4 Å². The molecule has 3 aromatic rings. The largest absolute Gasteiger partial charge is 0.349 e. The molecule has 2 N–H and O–H groups in total. The van der Waals surface area contributed by atoms with E-state index in [0.29, 0.717) is 6.54 Å². The summed E-state index contributed by atoms with van der Waals surface area (Å²) < 4.78 is 50.6. The van der Waals surface area contributed by atoms with Gasteiger partial charge in [0, 0.05) is 13.1 Å². The topological polar surface area (TPSA) is 88.9 Å². The number of hydrogen-bond donors (Lipinski definition) is 2. The zero-order chi connectivity index (χ0) is 19.4. The molecule has 3 rings (SSSR count). The molecule has 10 heteroatoms. The normalized spacial score (nSPS) is 11.4. The summed E-state index contributed by atoms with van der Waals surface area (Å²) in [5.41, 5.74) is 1.54. The van der Waals surface area contributed by atoms with Gasteiger partial charge in [-0.15, -0.1) is 9.19 Å². The molecule has 2 aromatic carbocycles. The highest BCUT2D eigenvalue weighted by atomic mass is 32.2. The lowest BCUT2D eigenvalue weighted by atomic mass is 10.2. The van der Waals surface area contributed by atoms with Crippen molar-refractivity contribution >= 4 is 21.9 Å². The predicted octanol–water partition coefficient (Wildman–Crippen LogP) is 2.59. The third kappa shape index (κ3) is 5.00. The first-order chi connectivity index (χ1) is 12.8. The molecule has 0 unspecified atom stereocenters. The van der Waals surface area contributed by atoms with Crippen LogP contribution in [-0.2, 0) is 23.1 Å². The van der Waals surface area contributed by atoms with E-state index in [-0.39, 0.29) is 30.1 Å². The van der Waals surface area contributed by atoms with Gasteiger partial charge in [0.1, 0.15) is 11.6 Å². The smallest absolute Gasteiger partial charge is 0.254 e. The maximum atomic E-state index is 13.0. The lowest BCUT2D eigenvalue weighted by Gasteiger charge is -2.06. The van der Waals surface area contributed by atoms with Gasteiger partial charge in [0.15, 0.2) is 0 Å². The molecule has 0 aliphatic rings. The number of nitrogens with one attached hydrogen (secondary N) is 2. The molecule has 0 spiro atoms. The fourth-order valence-corrected chi connectivity index (χ4v) is 2.92. The maximum Gasteiger partial charge on any atom is 0.254 e. The first-order valence-corrected chi connectivity index (χ1v) is 9.80. The summed E-state index contributed by atoms with van der Waals surface area (Å²) >= 11 is 0. The lowest BCUT2D eigenvalue weighted by molar-refractivity contribution is 0.587. The van der Waals surface area contributed by atoms with Crippen molar-refractivity contribution in [3.63, 3.8) is 0 Å². The number of benzene rings is 2. The van der Waals surface area contributed by atoms with Crippen molar-refractivity contribution in [1.29, 1.82) is 0 Å². The van der Waals surface area contributed by atoms with E-state index in [9.17, 15) is 17.2 Å². The molecule has 27 heavy (non-hydrogen) atoms. The van der Waals surface area contributed by atoms with Gasteiger partial charge in [0.25, 0.3) is 10.0 Å². The van der Waals surface area contributed by atoms with Gasteiger partial charge in [-0.2, -0.15) is 4.98 Å². The molecule has 0 atom stereocenters. The Bertz CT molecular complexity index is 1020. The Hall–Kier alpha value is -3.01. The molecule has 0 saturated carbocycles. The van der Waals surface area contributed by atoms with Crippen molar-refractivity contribution in [2.75, 3.05) is 16.9 Å². The molecule has 0 fully saturated rings. The van der Waals surface area contributed by atoms with Crippen LogP contribution in [0.4, 0.5) is 20.7 Å². The Morgan fingerprint density at radius 3 is 1.85 bits per heavy atom. The van der Waals surface area contributed by atoms with Gasteiger partial charge in [0.05, 0.1) is 6.26 Å². The van der Waals surface area contributed by atoms with Gasteiger partial charge < -0.3 is 10.6 Å². The van der Waals surface area contributed by atoms with Crippen molar-refractivity contribution in [2.24, 2.45) is 0 Å². The van der Waals surface area contributed by atoms with E-state index < -0.39 is 10.0 Å². The van der Waals surface area contributed by atoms with Crippen LogP contribution >= 0.6 is 0 Å². The summed E-state index contributed by atoms with van der Waals surface area (Å²) in [6.07, 6.45) is 1.01. The quantitative estimate of drug-likeness (QED) is 0.641. The molecule has 1 aromatic heterocycles. The fraction of sp³-hybridized carbons (Fsp3) is 0.176. The zero-order valence-electron chi connectivity index (χ0n) is 14.4. The van der Waals surface area contributed by atoms with E-state index in [2.05, 4.69) is 20.7 Å². The minimum atomic E-state index is -3.68. The van der Waals surface area contributed by atoms with Crippen LogP contribution in [0.2, 0.25) is 0 Å². The van der Waals surface area contributed by atoms with Crippen LogP contribution in [0.15, 0.2) is 48.5 Å². The number of hydrogen-bond acceptors (Lipinski definition) is 6. The van der Waals surface area contributed by atoms with Crippen molar-refractivity contribution in [1.82, 2.24) is 14.2 Å². The van der Waals surface area contributed by atoms with Gasteiger partial charge in [-0.3, -0.25) is 0 Å². The molecule has 142 valence electrons. The number of halogens is 2. The van der Waals surface area contributed by atoms with Crippen molar-refractivity contribution < 1.29 is 17.2 Å². The standard InChI is InChI=1S/C17H17F2N5O2S/c1-27(25,26)24-17(21-11-13-4-8-15(19)9-5-13)22-16(23-24)20-10-12-2-6-14(18)7-3-12/h2-9H,10-11H2,1H3,(H2,20,21,22,23). The number of anilines is 2. The summed E-state index contributed by atoms with van der Waals surface area (Å²) in [6.45, 7) is 0.539. The summed E-state index contributed by atoms with van der Waals surface area (Å²) in [7, 11) is -3.68. The van der Waals surface area contributed by atoms with E-state index >= 15 is 0 Å². The van der Waals surface area contributed by atoms with Crippen molar-refractivity contribution in [3.05, 3.63) is 71.3 Å². The number of rotatable bonds is 7. The molecule has 0 radical (unpaired) electrons. The summed E-state index contributed by atoms with van der Waals surface area (Å²) in [6, 6.07) is 11.6. The second-order valence-corrected chi connectivity index (χ2v) is 7.64. The van der Waals surface area contributed by atoms with E-state index in [1.54, 1.807) is 24.3 Å². The second kappa shape index (κ2) is 7.70. The Morgan fingerprint density at radius 2 is 1.37 bits per heavy atom. The number of nitrogens with zero attached hydrogens (tertiary/aromatic N) is 3. The van der Waals surface area contributed by atoms with Crippen LogP contribution in [0, 0.1) is 11.6 Å². The minimum absolute atomic E-state index is 0.0310. The summed E-state index contributed by atoms with van der Waals surface area (Å²) in [5, 5.41) is 9.73. The van der Waals surface area contributed by atoms with Crippen molar-refractivity contribution in [3.8, 4) is 0 Å². The second-order valence-electron chi connectivity index (χ2n) is 5.83. The molecular formula is C17H17F2N5O2S. The van der Waals surface area contributed by atoms with Crippen molar-refractivity contribution in [2.45, 2.75) is 13.1 Å². The third-order valence-corrected chi connectivity index (χ3v) is 4.50. The van der Waals surface area contributed by atoms with Crippen LogP contribution in [0.25, 0.3) is 0 Å². The molecule has 0 saturated heterocycles. The molecule has 0 aliphatic heterocycles. The van der Waals surface area contributed by atoms with Gasteiger partial charge in [-0.1, -0.05) is 24.3 Å². The molecule has 0 bridgehead atoms. The first kappa shape index (κ1) is 18.8. The Kier molecular flexibility index (Phi) is 5.36. The Labute approximate surface area is 155 Å². The Balaban J connectivity index is 1.74. The van der Waals surface area contributed by atoms with Gasteiger partial charge >= 0.3 is 0 Å². The van der Waals surface area contributed by atoms with E-state index in [1.807, 2.05) is 0 Å². The number of aromatic nitrogens is 3. The molecule has 0 aliphatic carbocycles. The highest BCUT2D eigenvalue weighted by molar-refractivity contribution is 7.89. The lowest BCUT2D eigenvalue weighted by Crippen LogP contribution is -2.16. The first-order valence-electron chi connectivity index (χ1n) is 7.95. The zero-order valence-corrected chi connectivity index (χ0v) is 15.2. The van der Waals surface area contributed by atoms with Crippen LogP contribution in [0.1, 0.15) is 11.1 Å². The van der Waals surface area contributed by atoms with Gasteiger partial charge in [0.2, 0.25) is 11.9 Å². The van der Waals surface area contributed by atoms with E-state index in [4.69, 9.17) is 0 Å². The average molecular weight is 393 g/mol. The summed E-state index contributed by atoms with van der Waals surface area (Å²) in [5.74, 6) is -0.564.